The van der Waals surface area contributed by atoms with Crippen LogP contribution in [0.25, 0.3) is 16.7 Å². The second-order valence-corrected chi connectivity index (χ2v) is 8.26. The molecule has 1 unspecified atom stereocenters. The molecule has 1 aliphatic rings. The Morgan fingerprint density at radius 3 is 2.43 bits per heavy atom. The van der Waals surface area contributed by atoms with Gasteiger partial charge < -0.3 is 9.15 Å². The number of hydrogen-bond donors (Lipinski definition) is 1. The van der Waals surface area contributed by atoms with Gasteiger partial charge in [0.1, 0.15) is 28.5 Å². The van der Waals surface area contributed by atoms with Crippen LogP contribution in [0, 0.1) is 11.3 Å². The van der Waals surface area contributed by atoms with Crippen molar-refractivity contribution in [2.45, 2.75) is 5.92 Å². The maximum atomic E-state index is 12.9. The number of nitriles is 1. The fourth-order valence-electron chi connectivity index (χ4n) is 3.86. The van der Waals surface area contributed by atoms with Crippen molar-refractivity contribution >= 4 is 34.2 Å². The number of fused-ring (bicyclic) bond motifs is 1. The van der Waals surface area contributed by atoms with Gasteiger partial charge >= 0.3 is 5.63 Å². The van der Waals surface area contributed by atoms with E-state index in [0.717, 1.165) is 5.56 Å². The molecule has 35 heavy (non-hydrogen) atoms. The van der Waals surface area contributed by atoms with E-state index in [9.17, 15) is 14.9 Å². The second-order valence-electron chi connectivity index (χ2n) is 7.82. The summed E-state index contributed by atoms with van der Waals surface area (Å²) in [7, 11) is 0. The number of rotatable bonds is 4. The van der Waals surface area contributed by atoms with Gasteiger partial charge in [-0.3, -0.25) is 10.1 Å². The minimum atomic E-state index is -0.599. The van der Waals surface area contributed by atoms with Gasteiger partial charge in [-0.15, -0.1) is 0 Å². The Balaban J connectivity index is 1.63. The lowest BCUT2D eigenvalue weighted by molar-refractivity contribution is 0.0944. The highest BCUT2D eigenvalue weighted by molar-refractivity contribution is 6.30. The lowest BCUT2D eigenvalue weighted by Gasteiger charge is -2.25. The molecular weight excluding hydrogens is 464 g/mol. The van der Waals surface area contributed by atoms with Gasteiger partial charge in [-0.2, -0.15) is 5.26 Å². The zero-order valence-corrected chi connectivity index (χ0v) is 19.0. The standard InChI is InChI=1S/C28H17ClN2O4/c29-20-12-10-17(11-13-20)21-15-25(22-14-19-8-4-5-9-24(19)35-28(22)33)34-27(23(21)16-30)31-26(32)18-6-2-1-3-7-18/h1-15,21H,(H,31,32). The predicted molar refractivity (Wildman–Crippen MR) is 132 cm³/mol. The smallest absolute Gasteiger partial charge is 0.347 e. The molecule has 1 aliphatic heterocycles. The summed E-state index contributed by atoms with van der Waals surface area (Å²) in [4.78, 5) is 25.7. The number of benzene rings is 3. The molecule has 7 heteroatoms. The van der Waals surface area contributed by atoms with Crippen LogP contribution in [0.4, 0.5) is 0 Å². The summed E-state index contributed by atoms with van der Waals surface area (Å²) >= 11 is 6.06. The van der Waals surface area contributed by atoms with Crippen molar-refractivity contribution in [3.8, 4) is 6.07 Å². The van der Waals surface area contributed by atoms with E-state index < -0.39 is 17.5 Å². The summed E-state index contributed by atoms with van der Waals surface area (Å²) < 4.78 is 11.5. The maximum absolute atomic E-state index is 12.9. The van der Waals surface area contributed by atoms with Crippen LogP contribution < -0.4 is 10.9 Å². The average Bonchev–Trinajstić information content (AvgIpc) is 2.89. The molecule has 170 valence electrons. The van der Waals surface area contributed by atoms with Gasteiger partial charge in [0.2, 0.25) is 5.88 Å². The summed E-state index contributed by atoms with van der Waals surface area (Å²) in [6.07, 6.45) is 1.67. The van der Waals surface area contributed by atoms with Gasteiger partial charge in [0.25, 0.3) is 5.91 Å². The minimum absolute atomic E-state index is 0.0497. The number of halogens is 1. The molecule has 1 aromatic heterocycles. The van der Waals surface area contributed by atoms with Crippen molar-refractivity contribution in [2.75, 3.05) is 0 Å². The fourth-order valence-corrected chi connectivity index (χ4v) is 3.99. The van der Waals surface area contributed by atoms with Gasteiger partial charge in [0.05, 0.1) is 0 Å². The van der Waals surface area contributed by atoms with Crippen molar-refractivity contribution in [1.82, 2.24) is 5.32 Å². The predicted octanol–water partition coefficient (Wildman–Crippen LogP) is 5.77. The van der Waals surface area contributed by atoms with Crippen LogP contribution in [0.3, 0.4) is 0 Å². The van der Waals surface area contributed by atoms with Crippen LogP contribution in [0.1, 0.15) is 27.4 Å². The number of allylic oxidation sites excluding steroid dienone is 2. The molecule has 3 aromatic carbocycles. The lowest BCUT2D eigenvalue weighted by atomic mass is 9.89. The van der Waals surface area contributed by atoms with Crippen LogP contribution in [-0.2, 0) is 4.74 Å². The Morgan fingerprint density at radius 2 is 1.69 bits per heavy atom. The molecule has 1 N–H and O–H groups in total. The molecule has 0 bridgehead atoms. The van der Waals surface area contributed by atoms with Crippen molar-refractivity contribution < 1.29 is 13.9 Å². The third-order valence-corrected chi connectivity index (χ3v) is 5.86. The van der Waals surface area contributed by atoms with Gasteiger partial charge in [-0.05, 0) is 48.0 Å². The highest BCUT2D eigenvalue weighted by Gasteiger charge is 2.30. The number of ether oxygens (including phenoxy) is 1. The zero-order valence-electron chi connectivity index (χ0n) is 18.2. The molecule has 0 fully saturated rings. The highest BCUT2D eigenvalue weighted by Crippen LogP contribution is 2.37. The number of para-hydroxylation sites is 1. The van der Waals surface area contributed by atoms with Gasteiger partial charge in [-0.25, -0.2) is 4.79 Å². The number of nitrogens with zero attached hydrogens (tertiary/aromatic N) is 1. The van der Waals surface area contributed by atoms with E-state index in [2.05, 4.69) is 11.4 Å². The van der Waals surface area contributed by atoms with E-state index in [1.807, 2.05) is 12.1 Å². The molecule has 4 aromatic rings. The minimum Gasteiger partial charge on any atom is -0.439 e. The molecule has 0 saturated heterocycles. The van der Waals surface area contributed by atoms with E-state index in [1.54, 1.807) is 78.9 Å². The molecule has 1 atom stereocenters. The highest BCUT2D eigenvalue weighted by atomic mass is 35.5. The molecule has 0 aliphatic carbocycles. The van der Waals surface area contributed by atoms with Crippen LogP contribution in [-0.4, -0.2) is 5.91 Å². The average molecular weight is 481 g/mol. The van der Waals surface area contributed by atoms with E-state index in [1.165, 1.54) is 0 Å². The third kappa shape index (κ3) is 4.45. The number of nitrogens with one attached hydrogen (secondary N) is 1. The topological polar surface area (TPSA) is 92.3 Å². The van der Waals surface area contributed by atoms with Crippen molar-refractivity contribution in [3.63, 3.8) is 0 Å². The molecular formula is C28H17ClN2O4. The van der Waals surface area contributed by atoms with Gasteiger partial charge in [0, 0.05) is 21.9 Å². The van der Waals surface area contributed by atoms with E-state index >= 15 is 0 Å². The molecule has 0 saturated carbocycles. The normalized spacial score (nSPS) is 15.2. The monoisotopic (exact) mass is 480 g/mol. The van der Waals surface area contributed by atoms with Crippen LogP contribution in [0.5, 0.6) is 0 Å². The van der Waals surface area contributed by atoms with Crippen molar-refractivity contribution in [3.05, 3.63) is 135 Å². The maximum Gasteiger partial charge on any atom is 0.347 e. The number of carbonyl (C=O) groups is 1. The molecule has 5 rings (SSSR count). The molecule has 0 radical (unpaired) electrons. The Labute approximate surface area is 205 Å². The molecule has 1 amide bonds. The summed E-state index contributed by atoms with van der Waals surface area (Å²) in [5.74, 6) is -0.925. The van der Waals surface area contributed by atoms with Crippen LogP contribution in [0.2, 0.25) is 5.02 Å². The quantitative estimate of drug-likeness (QED) is 0.374. The second kappa shape index (κ2) is 9.34. The first-order valence-corrected chi connectivity index (χ1v) is 11.1. The number of hydrogen-bond acceptors (Lipinski definition) is 5. The SMILES string of the molecule is N#CC1=C(NC(=O)c2ccccc2)OC(c2cc3ccccc3oc2=O)=CC1c1ccc(Cl)cc1. The first-order chi connectivity index (χ1) is 17.0. The summed E-state index contributed by atoms with van der Waals surface area (Å²) in [6, 6.07) is 26.5. The Hall–Kier alpha value is -4.60. The largest absolute Gasteiger partial charge is 0.439 e. The zero-order chi connectivity index (χ0) is 24.4. The van der Waals surface area contributed by atoms with E-state index in [4.69, 9.17) is 20.8 Å². The first kappa shape index (κ1) is 22.2. The Kier molecular flexibility index (Phi) is 5.92. The van der Waals surface area contributed by atoms with Crippen LogP contribution >= 0.6 is 11.6 Å². The fraction of sp³-hybridized carbons (Fsp3) is 0.0357. The van der Waals surface area contributed by atoms with E-state index in [-0.39, 0.29) is 22.8 Å². The van der Waals surface area contributed by atoms with Crippen molar-refractivity contribution in [1.29, 1.82) is 5.26 Å². The van der Waals surface area contributed by atoms with Gasteiger partial charge in [-0.1, -0.05) is 60.1 Å². The summed E-state index contributed by atoms with van der Waals surface area (Å²) in [5.41, 5.74) is 1.34. The van der Waals surface area contributed by atoms with E-state index in [0.29, 0.717) is 21.6 Å². The van der Waals surface area contributed by atoms with Crippen LogP contribution in [0.15, 0.2) is 112 Å². The van der Waals surface area contributed by atoms with Gasteiger partial charge in [0.15, 0.2) is 0 Å². The Morgan fingerprint density at radius 1 is 0.971 bits per heavy atom. The summed E-state index contributed by atoms with van der Waals surface area (Å²) in [5, 5.41) is 14.0. The number of amides is 1. The molecule has 2 heterocycles. The molecule has 6 nitrogen and oxygen atoms in total. The third-order valence-electron chi connectivity index (χ3n) is 5.61. The Bertz CT molecular complexity index is 1600. The van der Waals surface area contributed by atoms with Crippen molar-refractivity contribution in [2.24, 2.45) is 0 Å². The lowest BCUT2D eigenvalue weighted by Crippen LogP contribution is -2.28. The molecule has 0 spiro atoms. The first-order valence-electron chi connectivity index (χ1n) is 10.7. The number of carbonyl (C=O) groups excluding carboxylic acids is 1. The summed E-state index contributed by atoms with van der Waals surface area (Å²) in [6.45, 7) is 0.